The summed E-state index contributed by atoms with van der Waals surface area (Å²) in [4.78, 5) is 3.78. The molecule has 1 fully saturated rings. The van der Waals surface area contributed by atoms with Crippen molar-refractivity contribution in [3.05, 3.63) is 28.1 Å². The Balaban J connectivity index is 1.77. The van der Waals surface area contributed by atoms with Gasteiger partial charge in [-0.15, -0.1) is 16.4 Å². The summed E-state index contributed by atoms with van der Waals surface area (Å²) in [7, 11) is 0. The first kappa shape index (κ1) is 11.6. The Labute approximate surface area is 108 Å². The van der Waals surface area contributed by atoms with E-state index in [-0.39, 0.29) is 0 Å². The largest absolute Gasteiger partial charge is 0.381 e. The molecule has 2 aromatic rings. The van der Waals surface area contributed by atoms with E-state index in [2.05, 4.69) is 10.2 Å². The van der Waals surface area contributed by atoms with Crippen molar-refractivity contribution in [3.8, 4) is 0 Å². The number of nitrogens with zero attached hydrogens (tertiary/aromatic N) is 3. The number of rotatable bonds is 3. The van der Waals surface area contributed by atoms with Gasteiger partial charge in [-0.05, 0) is 19.1 Å². The van der Waals surface area contributed by atoms with Crippen molar-refractivity contribution in [2.75, 3.05) is 18.9 Å². The minimum atomic E-state index is -0.598. The van der Waals surface area contributed by atoms with Gasteiger partial charge < -0.3 is 15.2 Å². The molecule has 3 rings (SSSR count). The quantitative estimate of drug-likeness (QED) is 0.903. The van der Waals surface area contributed by atoms with Gasteiger partial charge in [-0.3, -0.25) is 0 Å². The highest BCUT2D eigenvalue weighted by Crippen LogP contribution is 2.35. The summed E-state index contributed by atoms with van der Waals surface area (Å²) in [5.41, 5.74) is 5.53. The number of nitrogen functional groups attached to an aromatic ring is 1. The molecule has 6 nitrogen and oxygen atoms in total. The molecule has 3 heterocycles. The maximum atomic E-state index is 5.62. The molecule has 0 aromatic carbocycles. The van der Waals surface area contributed by atoms with Crippen LogP contribution in [0.3, 0.4) is 0 Å². The zero-order chi connectivity index (χ0) is 12.6. The van der Waals surface area contributed by atoms with E-state index in [1.54, 1.807) is 22.3 Å². The third-order valence-corrected chi connectivity index (χ3v) is 4.05. The van der Waals surface area contributed by atoms with Gasteiger partial charge in [0, 0.05) is 4.88 Å². The number of aromatic nitrogens is 3. The standard InChI is InChI=1S/C11H14N4O2S/c1-11(16-4-5-17-11)9-3-2-8(18-9)7-15-13-6-10(12)14-15/h2-3,6H,4-5,7H2,1H3,(H2,12,14). The monoisotopic (exact) mass is 266 g/mol. The first-order valence-electron chi connectivity index (χ1n) is 5.68. The molecule has 7 heteroatoms. The van der Waals surface area contributed by atoms with Gasteiger partial charge in [0.05, 0.1) is 30.8 Å². The highest BCUT2D eigenvalue weighted by molar-refractivity contribution is 7.12. The van der Waals surface area contributed by atoms with Crippen molar-refractivity contribution in [3.63, 3.8) is 0 Å². The third-order valence-electron chi connectivity index (χ3n) is 2.80. The summed E-state index contributed by atoms with van der Waals surface area (Å²) in [5, 5.41) is 8.12. The van der Waals surface area contributed by atoms with Crippen LogP contribution in [0.25, 0.3) is 0 Å². The molecule has 0 aliphatic carbocycles. The van der Waals surface area contributed by atoms with Gasteiger partial charge >= 0.3 is 0 Å². The zero-order valence-electron chi connectivity index (χ0n) is 10.00. The molecule has 96 valence electrons. The summed E-state index contributed by atoms with van der Waals surface area (Å²) in [6.07, 6.45) is 1.54. The van der Waals surface area contributed by atoms with E-state index < -0.39 is 5.79 Å². The molecule has 0 amide bonds. The van der Waals surface area contributed by atoms with E-state index in [0.717, 1.165) is 9.75 Å². The molecule has 0 radical (unpaired) electrons. The molecule has 0 unspecified atom stereocenters. The van der Waals surface area contributed by atoms with E-state index in [1.807, 2.05) is 19.1 Å². The molecular formula is C11H14N4O2S. The Morgan fingerprint density at radius 1 is 1.44 bits per heavy atom. The minimum Gasteiger partial charge on any atom is -0.381 e. The maximum Gasteiger partial charge on any atom is 0.201 e. The predicted molar refractivity (Wildman–Crippen MR) is 67.1 cm³/mol. The lowest BCUT2D eigenvalue weighted by atomic mass is 10.2. The van der Waals surface area contributed by atoms with Gasteiger partial charge in [-0.25, -0.2) is 0 Å². The van der Waals surface area contributed by atoms with Gasteiger partial charge in [-0.2, -0.15) is 9.90 Å². The van der Waals surface area contributed by atoms with Gasteiger partial charge in [0.1, 0.15) is 0 Å². The summed E-state index contributed by atoms with van der Waals surface area (Å²) in [6.45, 7) is 3.83. The van der Waals surface area contributed by atoms with Gasteiger partial charge in [-0.1, -0.05) is 0 Å². The fourth-order valence-corrected chi connectivity index (χ4v) is 2.93. The molecule has 18 heavy (non-hydrogen) atoms. The lowest BCUT2D eigenvalue weighted by Crippen LogP contribution is -2.20. The van der Waals surface area contributed by atoms with Crippen LogP contribution in [0, 0.1) is 0 Å². The molecule has 2 N–H and O–H groups in total. The van der Waals surface area contributed by atoms with Crippen LogP contribution >= 0.6 is 11.3 Å². The molecule has 1 aliphatic heterocycles. The van der Waals surface area contributed by atoms with Gasteiger partial charge in [0.2, 0.25) is 5.79 Å². The molecule has 2 aromatic heterocycles. The second kappa shape index (κ2) is 4.34. The van der Waals surface area contributed by atoms with Crippen molar-refractivity contribution in [2.45, 2.75) is 19.3 Å². The van der Waals surface area contributed by atoms with E-state index in [1.165, 1.54) is 0 Å². The summed E-state index contributed by atoms with van der Waals surface area (Å²) in [5.74, 6) is -0.166. The SMILES string of the molecule is CC1(c2ccc(Cn3ncc(N)n3)s2)OCCO1. The number of thiophene rings is 1. The first-order valence-corrected chi connectivity index (χ1v) is 6.50. The third kappa shape index (κ3) is 2.12. The van der Waals surface area contributed by atoms with Crippen LogP contribution in [0.4, 0.5) is 5.82 Å². The average molecular weight is 266 g/mol. The molecular weight excluding hydrogens is 252 g/mol. The van der Waals surface area contributed by atoms with Crippen LogP contribution in [0.15, 0.2) is 18.3 Å². The predicted octanol–water partition coefficient (Wildman–Crippen LogP) is 1.19. The summed E-state index contributed by atoms with van der Waals surface area (Å²) >= 11 is 1.64. The van der Waals surface area contributed by atoms with Gasteiger partial charge in [0.15, 0.2) is 5.82 Å². The van der Waals surface area contributed by atoms with Crippen molar-refractivity contribution in [1.82, 2.24) is 15.0 Å². The Morgan fingerprint density at radius 2 is 2.22 bits per heavy atom. The first-order chi connectivity index (χ1) is 8.66. The lowest BCUT2D eigenvalue weighted by molar-refractivity contribution is -0.146. The number of hydrogen-bond acceptors (Lipinski definition) is 6. The van der Waals surface area contributed by atoms with Crippen LogP contribution in [0.2, 0.25) is 0 Å². The fourth-order valence-electron chi connectivity index (χ4n) is 1.89. The van der Waals surface area contributed by atoms with Crippen molar-refractivity contribution in [1.29, 1.82) is 0 Å². The van der Waals surface area contributed by atoms with Crippen molar-refractivity contribution >= 4 is 17.2 Å². The van der Waals surface area contributed by atoms with E-state index in [4.69, 9.17) is 15.2 Å². The molecule has 0 saturated carbocycles. The lowest BCUT2D eigenvalue weighted by Gasteiger charge is -2.20. The normalized spacial score (nSPS) is 18.3. The smallest absolute Gasteiger partial charge is 0.201 e. The highest BCUT2D eigenvalue weighted by atomic mass is 32.1. The maximum absolute atomic E-state index is 5.62. The molecule has 1 saturated heterocycles. The zero-order valence-corrected chi connectivity index (χ0v) is 10.8. The Hall–Kier alpha value is -1.44. The van der Waals surface area contributed by atoms with Crippen LogP contribution in [0.1, 0.15) is 16.7 Å². The van der Waals surface area contributed by atoms with E-state index in [0.29, 0.717) is 25.6 Å². The molecule has 0 bridgehead atoms. The minimum absolute atomic E-state index is 0.432. The number of nitrogens with two attached hydrogens (primary N) is 1. The van der Waals surface area contributed by atoms with Crippen LogP contribution in [-0.2, 0) is 21.8 Å². The number of ether oxygens (including phenoxy) is 2. The fraction of sp³-hybridized carbons (Fsp3) is 0.455. The Kier molecular flexibility index (Phi) is 2.81. The second-order valence-electron chi connectivity index (χ2n) is 4.21. The van der Waals surface area contributed by atoms with E-state index in [9.17, 15) is 0 Å². The van der Waals surface area contributed by atoms with Crippen molar-refractivity contribution < 1.29 is 9.47 Å². The second-order valence-corrected chi connectivity index (χ2v) is 5.38. The summed E-state index contributed by atoms with van der Waals surface area (Å²) in [6, 6.07) is 4.06. The summed E-state index contributed by atoms with van der Waals surface area (Å²) < 4.78 is 11.2. The highest BCUT2D eigenvalue weighted by Gasteiger charge is 2.34. The Bertz CT molecular complexity index is 545. The van der Waals surface area contributed by atoms with E-state index >= 15 is 0 Å². The Morgan fingerprint density at radius 3 is 2.89 bits per heavy atom. The topological polar surface area (TPSA) is 75.2 Å². The molecule has 1 aliphatic rings. The van der Waals surface area contributed by atoms with Crippen molar-refractivity contribution in [2.24, 2.45) is 0 Å². The van der Waals surface area contributed by atoms with Gasteiger partial charge in [0.25, 0.3) is 0 Å². The number of hydrogen-bond donors (Lipinski definition) is 1. The number of anilines is 1. The van der Waals surface area contributed by atoms with Crippen LogP contribution in [0.5, 0.6) is 0 Å². The molecule has 0 atom stereocenters. The van der Waals surface area contributed by atoms with Crippen LogP contribution in [-0.4, -0.2) is 28.2 Å². The average Bonchev–Trinajstić information content (AvgIpc) is 3.02. The molecule has 0 spiro atoms. The van der Waals surface area contributed by atoms with Crippen LogP contribution < -0.4 is 5.73 Å².